The van der Waals surface area contributed by atoms with E-state index in [9.17, 15) is 9.50 Å². The lowest BCUT2D eigenvalue weighted by Crippen LogP contribution is -2.45. The van der Waals surface area contributed by atoms with E-state index in [-0.39, 0.29) is 5.82 Å². The first kappa shape index (κ1) is 13.5. The lowest BCUT2D eigenvalue weighted by molar-refractivity contribution is -0.0328. The van der Waals surface area contributed by atoms with Crippen LogP contribution in [0.15, 0.2) is 18.2 Å². The molecule has 1 aromatic rings. The number of hydrogen-bond acceptors (Lipinski definition) is 2. The zero-order chi connectivity index (χ0) is 13.3. The zero-order valence-corrected chi connectivity index (χ0v) is 11.4. The minimum absolute atomic E-state index is 0.237. The Kier molecular flexibility index (Phi) is 3.74. The van der Waals surface area contributed by atoms with E-state index >= 15 is 0 Å². The number of rotatable bonds is 2. The van der Waals surface area contributed by atoms with Crippen molar-refractivity contribution in [3.63, 3.8) is 0 Å². The largest absolute Gasteiger partial charge is 0.385 e. The van der Waals surface area contributed by atoms with Gasteiger partial charge in [-0.1, -0.05) is 6.07 Å². The molecule has 0 aliphatic carbocycles. The number of nitrogens with zero attached hydrogens (tertiary/aromatic N) is 1. The summed E-state index contributed by atoms with van der Waals surface area (Å²) < 4.78 is 13.1. The molecule has 1 aromatic carbocycles. The van der Waals surface area contributed by atoms with Crippen LogP contribution in [0.2, 0.25) is 0 Å². The van der Waals surface area contributed by atoms with Crippen molar-refractivity contribution in [1.82, 2.24) is 4.90 Å². The average molecular weight is 251 g/mol. The highest BCUT2D eigenvalue weighted by molar-refractivity contribution is 5.32. The van der Waals surface area contributed by atoms with Crippen LogP contribution in [0, 0.1) is 12.7 Å². The van der Waals surface area contributed by atoms with Gasteiger partial charge in [-0.2, -0.15) is 0 Å². The van der Waals surface area contributed by atoms with Crippen molar-refractivity contribution < 1.29 is 9.50 Å². The van der Waals surface area contributed by atoms with Crippen LogP contribution in [0.3, 0.4) is 0 Å². The third-order valence-electron chi connectivity index (χ3n) is 4.05. The Morgan fingerprint density at radius 3 is 2.39 bits per heavy atom. The SMILES string of the molecule is Cc1cc(F)ccc1C1(O)CCN(C(C)C)CC1. The lowest BCUT2D eigenvalue weighted by atomic mass is 9.82. The predicted octanol–water partition coefficient (Wildman–Crippen LogP) is 2.83. The molecule has 2 rings (SSSR count). The smallest absolute Gasteiger partial charge is 0.123 e. The molecule has 3 heteroatoms. The predicted molar refractivity (Wildman–Crippen MR) is 71.0 cm³/mol. The summed E-state index contributed by atoms with van der Waals surface area (Å²) in [6.45, 7) is 8.00. The van der Waals surface area contributed by atoms with E-state index in [0.717, 1.165) is 37.1 Å². The molecule has 1 heterocycles. The molecular weight excluding hydrogens is 229 g/mol. The summed E-state index contributed by atoms with van der Waals surface area (Å²) in [5, 5.41) is 10.8. The van der Waals surface area contributed by atoms with Crippen LogP contribution in [0.1, 0.15) is 37.8 Å². The maximum Gasteiger partial charge on any atom is 0.123 e. The molecule has 0 radical (unpaired) electrons. The lowest BCUT2D eigenvalue weighted by Gasteiger charge is -2.40. The maximum atomic E-state index is 13.1. The van der Waals surface area contributed by atoms with Gasteiger partial charge in [0.25, 0.3) is 0 Å². The van der Waals surface area contributed by atoms with Crippen LogP contribution in [0.5, 0.6) is 0 Å². The quantitative estimate of drug-likeness (QED) is 0.873. The molecule has 0 atom stereocenters. The minimum Gasteiger partial charge on any atom is -0.385 e. The normalized spacial score (nSPS) is 20.3. The molecule has 1 aliphatic heterocycles. The number of halogens is 1. The first-order valence-corrected chi connectivity index (χ1v) is 6.65. The zero-order valence-electron chi connectivity index (χ0n) is 11.4. The van der Waals surface area contributed by atoms with Crippen LogP contribution in [0.4, 0.5) is 4.39 Å². The van der Waals surface area contributed by atoms with E-state index in [0.29, 0.717) is 6.04 Å². The summed E-state index contributed by atoms with van der Waals surface area (Å²) >= 11 is 0. The van der Waals surface area contributed by atoms with Crippen molar-refractivity contribution in [1.29, 1.82) is 0 Å². The topological polar surface area (TPSA) is 23.5 Å². The number of aliphatic hydroxyl groups is 1. The van der Waals surface area contributed by atoms with Crippen molar-refractivity contribution in [3.05, 3.63) is 35.1 Å². The van der Waals surface area contributed by atoms with Crippen molar-refractivity contribution in [2.24, 2.45) is 0 Å². The standard InChI is InChI=1S/C15H22FNO/c1-11(2)17-8-6-15(18,7-9-17)14-5-4-13(16)10-12(14)3/h4-5,10-11,18H,6-9H2,1-3H3. The van der Waals surface area contributed by atoms with E-state index in [1.165, 1.54) is 12.1 Å². The fourth-order valence-electron chi connectivity index (χ4n) is 2.83. The van der Waals surface area contributed by atoms with E-state index in [2.05, 4.69) is 18.7 Å². The number of piperidine rings is 1. The van der Waals surface area contributed by atoms with Crippen LogP contribution in [-0.2, 0) is 5.60 Å². The minimum atomic E-state index is -0.789. The van der Waals surface area contributed by atoms with Crippen LogP contribution >= 0.6 is 0 Å². The Balaban J connectivity index is 2.18. The van der Waals surface area contributed by atoms with Crippen LogP contribution in [0.25, 0.3) is 0 Å². The first-order chi connectivity index (χ1) is 8.42. The number of benzene rings is 1. The maximum absolute atomic E-state index is 13.1. The van der Waals surface area contributed by atoms with Gasteiger partial charge in [0.2, 0.25) is 0 Å². The highest BCUT2D eigenvalue weighted by Crippen LogP contribution is 2.35. The Morgan fingerprint density at radius 1 is 1.28 bits per heavy atom. The van der Waals surface area contributed by atoms with Crippen LogP contribution in [-0.4, -0.2) is 29.1 Å². The van der Waals surface area contributed by atoms with Gasteiger partial charge in [0.05, 0.1) is 5.60 Å². The van der Waals surface area contributed by atoms with Gasteiger partial charge in [0.1, 0.15) is 5.82 Å². The summed E-state index contributed by atoms with van der Waals surface area (Å²) in [7, 11) is 0. The van der Waals surface area contributed by atoms with Crippen molar-refractivity contribution in [2.75, 3.05) is 13.1 Å². The average Bonchev–Trinajstić information content (AvgIpc) is 2.29. The van der Waals surface area contributed by atoms with Gasteiger partial charge in [0.15, 0.2) is 0 Å². The molecule has 1 fully saturated rings. The van der Waals surface area contributed by atoms with Crippen LogP contribution < -0.4 is 0 Å². The van der Waals surface area contributed by atoms with E-state index in [1.807, 2.05) is 6.92 Å². The van der Waals surface area contributed by atoms with Gasteiger partial charge in [-0.15, -0.1) is 0 Å². The molecule has 0 unspecified atom stereocenters. The monoisotopic (exact) mass is 251 g/mol. The molecule has 0 bridgehead atoms. The van der Waals surface area contributed by atoms with Crippen molar-refractivity contribution in [2.45, 2.75) is 45.3 Å². The van der Waals surface area contributed by atoms with E-state index in [1.54, 1.807) is 6.07 Å². The van der Waals surface area contributed by atoms with Crippen molar-refractivity contribution >= 4 is 0 Å². The number of hydrogen-bond donors (Lipinski definition) is 1. The molecule has 0 saturated carbocycles. The number of aryl methyl sites for hydroxylation is 1. The van der Waals surface area contributed by atoms with Gasteiger partial charge < -0.3 is 10.0 Å². The Hall–Kier alpha value is -0.930. The second kappa shape index (κ2) is 4.98. The van der Waals surface area contributed by atoms with Crippen molar-refractivity contribution in [3.8, 4) is 0 Å². The Labute approximate surface area is 108 Å². The summed E-state index contributed by atoms with van der Waals surface area (Å²) in [6, 6.07) is 5.19. The Bertz CT molecular complexity index is 423. The highest BCUT2D eigenvalue weighted by Gasteiger charge is 2.35. The Morgan fingerprint density at radius 2 is 1.89 bits per heavy atom. The van der Waals surface area contributed by atoms with Gasteiger partial charge in [0, 0.05) is 19.1 Å². The number of likely N-dealkylation sites (tertiary alicyclic amines) is 1. The molecule has 1 N–H and O–H groups in total. The molecule has 18 heavy (non-hydrogen) atoms. The molecule has 1 saturated heterocycles. The second-order valence-corrected chi connectivity index (χ2v) is 5.62. The second-order valence-electron chi connectivity index (χ2n) is 5.62. The third kappa shape index (κ3) is 2.57. The fraction of sp³-hybridized carbons (Fsp3) is 0.600. The first-order valence-electron chi connectivity index (χ1n) is 6.65. The van der Waals surface area contributed by atoms with Gasteiger partial charge in [-0.05, 0) is 56.9 Å². The van der Waals surface area contributed by atoms with Gasteiger partial charge in [-0.3, -0.25) is 0 Å². The van der Waals surface area contributed by atoms with Gasteiger partial charge in [-0.25, -0.2) is 4.39 Å². The molecule has 0 spiro atoms. The molecule has 100 valence electrons. The summed E-state index contributed by atoms with van der Waals surface area (Å²) in [5.41, 5.74) is 0.936. The molecule has 0 amide bonds. The third-order valence-corrected chi connectivity index (χ3v) is 4.05. The fourth-order valence-corrected chi connectivity index (χ4v) is 2.83. The molecule has 1 aliphatic rings. The molecular formula is C15H22FNO. The van der Waals surface area contributed by atoms with E-state index < -0.39 is 5.60 Å². The molecule has 0 aromatic heterocycles. The van der Waals surface area contributed by atoms with Gasteiger partial charge >= 0.3 is 0 Å². The molecule has 2 nitrogen and oxygen atoms in total. The summed E-state index contributed by atoms with van der Waals surface area (Å²) in [5.74, 6) is -0.237. The summed E-state index contributed by atoms with van der Waals surface area (Å²) in [6.07, 6.45) is 1.44. The summed E-state index contributed by atoms with van der Waals surface area (Å²) in [4.78, 5) is 2.37. The highest BCUT2D eigenvalue weighted by atomic mass is 19.1. The van der Waals surface area contributed by atoms with E-state index in [4.69, 9.17) is 0 Å².